The highest BCUT2D eigenvalue weighted by Crippen LogP contribution is 2.22. The standard InChI is InChI=1S/C14H21NO2/c1-2-13(16)10-17-14-6-4-3-5-11(14)9-15-12-7-8-12/h3-6,12-13,15-16H,2,7-10H2,1H3. The molecule has 3 heteroatoms. The first-order valence-corrected chi connectivity index (χ1v) is 6.41. The fourth-order valence-corrected chi connectivity index (χ4v) is 1.64. The topological polar surface area (TPSA) is 41.5 Å². The molecular formula is C14H21NO2. The van der Waals surface area contributed by atoms with Crippen molar-refractivity contribution in [1.82, 2.24) is 5.32 Å². The highest BCUT2D eigenvalue weighted by Gasteiger charge is 2.20. The van der Waals surface area contributed by atoms with Crippen molar-refractivity contribution in [3.05, 3.63) is 29.8 Å². The molecule has 0 heterocycles. The van der Waals surface area contributed by atoms with E-state index in [1.54, 1.807) is 0 Å². The largest absolute Gasteiger partial charge is 0.491 e. The molecule has 0 aliphatic heterocycles. The monoisotopic (exact) mass is 235 g/mol. The molecule has 0 amide bonds. The third-order valence-electron chi connectivity index (χ3n) is 3.03. The molecule has 0 spiro atoms. The molecule has 1 fully saturated rings. The molecule has 1 aromatic rings. The first kappa shape index (κ1) is 12.4. The summed E-state index contributed by atoms with van der Waals surface area (Å²) in [5, 5.41) is 13.0. The van der Waals surface area contributed by atoms with Gasteiger partial charge in [-0.3, -0.25) is 0 Å². The zero-order valence-electron chi connectivity index (χ0n) is 10.4. The van der Waals surface area contributed by atoms with Gasteiger partial charge in [-0.15, -0.1) is 0 Å². The van der Waals surface area contributed by atoms with E-state index in [9.17, 15) is 5.11 Å². The van der Waals surface area contributed by atoms with Crippen LogP contribution >= 0.6 is 0 Å². The van der Waals surface area contributed by atoms with E-state index in [-0.39, 0.29) is 6.10 Å². The SMILES string of the molecule is CCC(O)COc1ccccc1CNC1CC1. The Hall–Kier alpha value is -1.06. The Bertz CT molecular complexity index is 350. The lowest BCUT2D eigenvalue weighted by molar-refractivity contribution is 0.104. The maximum atomic E-state index is 9.50. The van der Waals surface area contributed by atoms with Gasteiger partial charge in [-0.25, -0.2) is 0 Å². The van der Waals surface area contributed by atoms with E-state index in [1.165, 1.54) is 18.4 Å². The number of benzene rings is 1. The van der Waals surface area contributed by atoms with Crippen LogP contribution in [0.5, 0.6) is 5.75 Å². The van der Waals surface area contributed by atoms with Crippen molar-refractivity contribution in [3.8, 4) is 5.75 Å². The van der Waals surface area contributed by atoms with Gasteiger partial charge in [0.25, 0.3) is 0 Å². The molecular weight excluding hydrogens is 214 g/mol. The van der Waals surface area contributed by atoms with Crippen LogP contribution < -0.4 is 10.1 Å². The molecule has 1 aromatic carbocycles. The average molecular weight is 235 g/mol. The first-order valence-electron chi connectivity index (χ1n) is 6.41. The van der Waals surface area contributed by atoms with Gasteiger partial charge in [0.05, 0.1) is 6.10 Å². The van der Waals surface area contributed by atoms with E-state index in [0.717, 1.165) is 18.7 Å². The quantitative estimate of drug-likeness (QED) is 0.760. The first-order chi connectivity index (χ1) is 8.29. The van der Waals surface area contributed by atoms with Crippen LogP contribution in [0, 0.1) is 0 Å². The Morgan fingerprint density at radius 3 is 2.88 bits per heavy atom. The molecule has 0 bridgehead atoms. The number of aliphatic hydroxyl groups excluding tert-OH is 1. The fourth-order valence-electron chi connectivity index (χ4n) is 1.64. The van der Waals surface area contributed by atoms with Crippen molar-refractivity contribution < 1.29 is 9.84 Å². The van der Waals surface area contributed by atoms with Crippen LogP contribution in [-0.4, -0.2) is 23.9 Å². The minimum absolute atomic E-state index is 0.372. The molecule has 17 heavy (non-hydrogen) atoms. The van der Waals surface area contributed by atoms with Crippen molar-refractivity contribution in [3.63, 3.8) is 0 Å². The van der Waals surface area contributed by atoms with Gasteiger partial charge in [-0.2, -0.15) is 0 Å². The Morgan fingerprint density at radius 2 is 2.18 bits per heavy atom. The summed E-state index contributed by atoms with van der Waals surface area (Å²) in [7, 11) is 0. The summed E-state index contributed by atoms with van der Waals surface area (Å²) in [5.74, 6) is 0.883. The smallest absolute Gasteiger partial charge is 0.123 e. The fraction of sp³-hybridized carbons (Fsp3) is 0.571. The van der Waals surface area contributed by atoms with Gasteiger partial charge in [-0.05, 0) is 25.3 Å². The second-order valence-electron chi connectivity index (χ2n) is 4.64. The van der Waals surface area contributed by atoms with Gasteiger partial charge in [0, 0.05) is 18.2 Å². The lowest BCUT2D eigenvalue weighted by atomic mass is 10.2. The van der Waals surface area contributed by atoms with Crippen LogP contribution in [0.3, 0.4) is 0 Å². The molecule has 0 aromatic heterocycles. The van der Waals surface area contributed by atoms with Crippen LogP contribution in [0.2, 0.25) is 0 Å². The van der Waals surface area contributed by atoms with Gasteiger partial charge in [0.15, 0.2) is 0 Å². The molecule has 1 aliphatic rings. The Balaban J connectivity index is 1.89. The van der Waals surface area contributed by atoms with E-state index < -0.39 is 0 Å². The Morgan fingerprint density at radius 1 is 1.41 bits per heavy atom. The summed E-state index contributed by atoms with van der Waals surface area (Å²) in [6, 6.07) is 8.72. The molecule has 2 rings (SSSR count). The summed E-state index contributed by atoms with van der Waals surface area (Å²) in [6.07, 6.45) is 2.93. The van der Waals surface area contributed by atoms with Crippen LogP contribution in [0.4, 0.5) is 0 Å². The number of para-hydroxylation sites is 1. The molecule has 0 saturated heterocycles. The molecule has 3 nitrogen and oxygen atoms in total. The van der Waals surface area contributed by atoms with E-state index in [0.29, 0.717) is 12.6 Å². The molecule has 1 atom stereocenters. The zero-order valence-corrected chi connectivity index (χ0v) is 10.4. The number of nitrogens with one attached hydrogen (secondary N) is 1. The molecule has 94 valence electrons. The van der Waals surface area contributed by atoms with Crippen molar-refractivity contribution in [2.24, 2.45) is 0 Å². The van der Waals surface area contributed by atoms with Gasteiger partial charge >= 0.3 is 0 Å². The van der Waals surface area contributed by atoms with Crippen LogP contribution in [0.25, 0.3) is 0 Å². The number of aliphatic hydroxyl groups is 1. The molecule has 0 radical (unpaired) electrons. The van der Waals surface area contributed by atoms with Gasteiger partial charge in [0.1, 0.15) is 12.4 Å². The minimum Gasteiger partial charge on any atom is -0.491 e. The lowest BCUT2D eigenvalue weighted by Gasteiger charge is -2.14. The lowest BCUT2D eigenvalue weighted by Crippen LogP contribution is -2.19. The van der Waals surface area contributed by atoms with E-state index in [2.05, 4.69) is 11.4 Å². The van der Waals surface area contributed by atoms with Gasteiger partial charge in [-0.1, -0.05) is 25.1 Å². The average Bonchev–Trinajstić information content (AvgIpc) is 3.18. The van der Waals surface area contributed by atoms with Crippen LogP contribution in [0.1, 0.15) is 31.7 Å². The molecule has 2 N–H and O–H groups in total. The van der Waals surface area contributed by atoms with Crippen molar-refractivity contribution >= 4 is 0 Å². The number of hydrogen-bond donors (Lipinski definition) is 2. The number of ether oxygens (including phenoxy) is 1. The Kier molecular flexibility index (Phi) is 4.40. The summed E-state index contributed by atoms with van der Waals surface area (Å²) in [6.45, 7) is 3.18. The van der Waals surface area contributed by atoms with Crippen molar-refractivity contribution in [1.29, 1.82) is 0 Å². The van der Waals surface area contributed by atoms with Gasteiger partial charge in [0.2, 0.25) is 0 Å². The predicted molar refractivity (Wildman–Crippen MR) is 68.1 cm³/mol. The molecule has 1 saturated carbocycles. The summed E-state index contributed by atoms with van der Waals surface area (Å²) in [5.41, 5.74) is 1.17. The summed E-state index contributed by atoms with van der Waals surface area (Å²) >= 11 is 0. The third-order valence-corrected chi connectivity index (χ3v) is 3.03. The van der Waals surface area contributed by atoms with Gasteiger partial charge < -0.3 is 15.2 Å². The maximum Gasteiger partial charge on any atom is 0.123 e. The molecule has 1 unspecified atom stereocenters. The summed E-state index contributed by atoms with van der Waals surface area (Å²) in [4.78, 5) is 0. The van der Waals surface area contributed by atoms with E-state index in [4.69, 9.17) is 4.74 Å². The minimum atomic E-state index is -0.376. The highest BCUT2D eigenvalue weighted by molar-refractivity contribution is 5.33. The third kappa shape index (κ3) is 4.02. The number of rotatable bonds is 7. The molecule has 1 aliphatic carbocycles. The van der Waals surface area contributed by atoms with E-state index in [1.807, 2.05) is 25.1 Å². The zero-order chi connectivity index (χ0) is 12.1. The number of hydrogen-bond acceptors (Lipinski definition) is 3. The van der Waals surface area contributed by atoms with Crippen LogP contribution in [-0.2, 0) is 6.54 Å². The second kappa shape index (κ2) is 6.03. The van der Waals surface area contributed by atoms with Crippen molar-refractivity contribution in [2.75, 3.05) is 6.61 Å². The van der Waals surface area contributed by atoms with Crippen molar-refractivity contribution in [2.45, 2.75) is 44.9 Å². The second-order valence-corrected chi connectivity index (χ2v) is 4.64. The highest BCUT2D eigenvalue weighted by atomic mass is 16.5. The normalized spacial score (nSPS) is 16.8. The summed E-state index contributed by atoms with van der Waals surface area (Å²) < 4.78 is 5.65. The maximum absolute atomic E-state index is 9.50. The Labute approximate surface area is 103 Å². The van der Waals surface area contributed by atoms with Crippen LogP contribution in [0.15, 0.2) is 24.3 Å². The van der Waals surface area contributed by atoms with E-state index >= 15 is 0 Å². The predicted octanol–water partition coefficient (Wildman–Crippen LogP) is 2.09.